The average molecular weight is 324 g/mol. The second-order valence-electron chi connectivity index (χ2n) is 7.01. The Morgan fingerprint density at radius 2 is 2.17 bits per heavy atom. The van der Waals surface area contributed by atoms with E-state index in [-0.39, 0.29) is 0 Å². The van der Waals surface area contributed by atoms with Crippen molar-refractivity contribution >= 4 is 0 Å². The second kappa shape index (κ2) is 10.4. The molecule has 1 aliphatic carbocycles. The zero-order valence-electron chi connectivity index (χ0n) is 15.5. The maximum atomic E-state index is 5.63. The van der Waals surface area contributed by atoms with Crippen LogP contribution in [-0.4, -0.2) is 24.5 Å². The number of allylic oxidation sites excluding steroid dienone is 8. The molecule has 130 valence electrons. The van der Waals surface area contributed by atoms with Gasteiger partial charge in [-0.05, 0) is 81.8 Å². The zero-order valence-corrected chi connectivity index (χ0v) is 15.5. The first-order chi connectivity index (χ1) is 11.8. The number of rotatable bonds is 7. The molecule has 0 aromatic carbocycles. The highest BCUT2D eigenvalue weighted by atomic mass is 15.1. The van der Waals surface area contributed by atoms with Gasteiger partial charge in [-0.25, -0.2) is 0 Å². The summed E-state index contributed by atoms with van der Waals surface area (Å²) in [5.74, 6) is 3.93. The molecule has 1 fully saturated rings. The molecule has 1 atom stereocenters. The molecule has 0 spiro atoms. The Morgan fingerprint density at radius 3 is 2.75 bits per heavy atom. The summed E-state index contributed by atoms with van der Waals surface area (Å²) >= 11 is 0. The van der Waals surface area contributed by atoms with E-state index < -0.39 is 0 Å². The van der Waals surface area contributed by atoms with Gasteiger partial charge in [-0.1, -0.05) is 49.6 Å². The first-order valence-electron chi connectivity index (χ1n) is 9.68. The number of likely N-dealkylation sites (tertiary alicyclic amines) is 1. The van der Waals surface area contributed by atoms with Crippen molar-refractivity contribution in [2.75, 3.05) is 19.6 Å². The van der Waals surface area contributed by atoms with E-state index in [1.54, 1.807) is 0 Å². The summed E-state index contributed by atoms with van der Waals surface area (Å²) < 4.78 is 0. The number of hydrogen-bond donors (Lipinski definition) is 0. The molecule has 0 saturated carbocycles. The summed E-state index contributed by atoms with van der Waals surface area (Å²) in [5, 5.41) is 0. The van der Waals surface area contributed by atoms with Crippen LogP contribution < -0.4 is 0 Å². The van der Waals surface area contributed by atoms with Gasteiger partial charge in [-0.15, -0.1) is 6.42 Å². The van der Waals surface area contributed by atoms with Crippen LogP contribution in [0.15, 0.2) is 47.6 Å². The molecule has 1 saturated heterocycles. The van der Waals surface area contributed by atoms with E-state index in [1.807, 2.05) is 6.08 Å². The van der Waals surface area contributed by atoms with Gasteiger partial charge in [0.2, 0.25) is 0 Å². The first kappa shape index (κ1) is 18.8. The summed E-state index contributed by atoms with van der Waals surface area (Å²) in [6.07, 6.45) is 26.5. The number of hydrogen-bond acceptors (Lipinski definition) is 1. The standard InChI is InChI=1S/C23H33N/c1-4-7-17-24-18-15-22(16-19-24)23(20(11-5-2)12-6-3)21-13-9-8-10-14-21/h2,6,9,11-14,22-23H,4,7-8,10,15-19H2,1,3H3/b12-6-,20-11+. The molecule has 1 aliphatic heterocycles. The Kier molecular flexibility index (Phi) is 8.13. The van der Waals surface area contributed by atoms with E-state index >= 15 is 0 Å². The highest BCUT2D eigenvalue weighted by Gasteiger charge is 2.30. The van der Waals surface area contributed by atoms with E-state index in [4.69, 9.17) is 6.42 Å². The Hall–Kier alpha value is -1.52. The van der Waals surface area contributed by atoms with Crippen molar-refractivity contribution in [3.05, 3.63) is 47.6 Å². The SMILES string of the molecule is C#C/C=C(\C=C/C)C(C1=CCCC=C1)C1CCN(CCCC)CC1. The summed E-state index contributed by atoms with van der Waals surface area (Å²) in [6, 6.07) is 0. The highest BCUT2D eigenvalue weighted by molar-refractivity contribution is 5.40. The number of terminal acetylenes is 1. The molecule has 24 heavy (non-hydrogen) atoms. The summed E-state index contributed by atoms with van der Waals surface area (Å²) in [7, 11) is 0. The Morgan fingerprint density at radius 1 is 1.38 bits per heavy atom. The van der Waals surface area contributed by atoms with E-state index in [0.717, 1.165) is 6.42 Å². The molecule has 2 aliphatic rings. The van der Waals surface area contributed by atoms with Gasteiger partial charge in [-0.2, -0.15) is 0 Å². The van der Waals surface area contributed by atoms with Gasteiger partial charge in [0.1, 0.15) is 0 Å². The summed E-state index contributed by atoms with van der Waals surface area (Å²) in [6.45, 7) is 8.09. The molecule has 1 heteroatoms. The van der Waals surface area contributed by atoms with Crippen molar-refractivity contribution in [1.82, 2.24) is 4.90 Å². The monoisotopic (exact) mass is 323 g/mol. The predicted molar refractivity (Wildman–Crippen MR) is 106 cm³/mol. The number of unbranched alkanes of at least 4 members (excludes halogenated alkanes) is 1. The lowest BCUT2D eigenvalue weighted by Gasteiger charge is -2.37. The fraction of sp³-hybridized carbons (Fsp3) is 0.565. The fourth-order valence-corrected chi connectivity index (χ4v) is 4.02. The van der Waals surface area contributed by atoms with Crippen LogP contribution in [0.4, 0.5) is 0 Å². The third-order valence-corrected chi connectivity index (χ3v) is 5.28. The molecule has 1 heterocycles. The summed E-state index contributed by atoms with van der Waals surface area (Å²) in [5.41, 5.74) is 2.79. The van der Waals surface area contributed by atoms with Crippen molar-refractivity contribution in [3.63, 3.8) is 0 Å². The topological polar surface area (TPSA) is 3.24 Å². The van der Waals surface area contributed by atoms with Crippen molar-refractivity contribution in [1.29, 1.82) is 0 Å². The van der Waals surface area contributed by atoms with Crippen molar-refractivity contribution in [2.45, 2.75) is 52.4 Å². The maximum absolute atomic E-state index is 5.63. The Labute approximate surface area is 149 Å². The number of piperidine rings is 1. The van der Waals surface area contributed by atoms with Crippen LogP contribution in [0.25, 0.3) is 0 Å². The van der Waals surface area contributed by atoms with Gasteiger partial charge >= 0.3 is 0 Å². The van der Waals surface area contributed by atoms with Crippen LogP contribution in [0.1, 0.15) is 52.4 Å². The molecule has 0 bridgehead atoms. The molecule has 0 amide bonds. The van der Waals surface area contributed by atoms with Crippen molar-refractivity contribution in [3.8, 4) is 12.3 Å². The molecule has 2 rings (SSSR count). The molecule has 0 radical (unpaired) electrons. The van der Waals surface area contributed by atoms with Gasteiger partial charge in [-0.3, -0.25) is 0 Å². The number of nitrogens with zero attached hydrogens (tertiary/aromatic N) is 1. The molecular weight excluding hydrogens is 290 g/mol. The van der Waals surface area contributed by atoms with Crippen LogP contribution in [0, 0.1) is 24.2 Å². The first-order valence-corrected chi connectivity index (χ1v) is 9.68. The molecule has 0 N–H and O–H groups in total. The highest BCUT2D eigenvalue weighted by Crippen LogP contribution is 2.38. The van der Waals surface area contributed by atoms with Crippen molar-refractivity contribution in [2.24, 2.45) is 11.8 Å². The molecule has 0 aromatic heterocycles. The summed E-state index contributed by atoms with van der Waals surface area (Å²) in [4.78, 5) is 2.64. The average Bonchev–Trinajstić information content (AvgIpc) is 2.62. The van der Waals surface area contributed by atoms with Crippen molar-refractivity contribution < 1.29 is 0 Å². The lowest BCUT2D eigenvalue weighted by molar-refractivity contribution is 0.166. The van der Waals surface area contributed by atoms with Gasteiger partial charge in [0.05, 0.1) is 0 Å². The zero-order chi connectivity index (χ0) is 17.2. The van der Waals surface area contributed by atoms with Crippen LogP contribution in [0.5, 0.6) is 0 Å². The van der Waals surface area contributed by atoms with Gasteiger partial charge in [0.25, 0.3) is 0 Å². The van der Waals surface area contributed by atoms with E-state index in [0.29, 0.717) is 11.8 Å². The Balaban J connectivity index is 2.15. The molecular formula is C23H33N. The van der Waals surface area contributed by atoms with Crippen LogP contribution in [0.3, 0.4) is 0 Å². The van der Waals surface area contributed by atoms with E-state index in [2.05, 4.69) is 55.0 Å². The van der Waals surface area contributed by atoms with Gasteiger partial charge < -0.3 is 4.90 Å². The molecule has 0 aromatic rings. The normalized spacial score (nSPS) is 21.7. The minimum Gasteiger partial charge on any atom is -0.303 e. The smallest absolute Gasteiger partial charge is 0.0121 e. The quantitative estimate of drug-likeness (QED) is 0.440. The largest absolute Gasteiger partial charge is 0.303 e. The second-order valence-corrected chi connectivity index (χ2v) is 7.01. The third-order valence-electron chi connectivity index (χ3n) is 5.28. The molecule has 1 nitrogen and oxygen atoms in total. The van der Waals surface area contributed by atoms with Crippen LogP contribution >= 0.6 is 0 Å². The Bertz CT molecular complexity index is 533. The van der Waals surface area contributed by atoms with E-state index in [1.165, 1.54) is 62.9 Å². The van der Waals surface area contributed by atoms with E-state index in [9.17, 15) is 0 Å². The minimum atomic E-state index is 0.460. The lowest BCUT2D eigenvalue weighted by atomic mass is 9.74. The lowest BCUT2D eigenvalue weighted by Crippen LogP contribution is -2.37. The molecule has 1 unspecified atom stereocenters. The maximum Gasteiger partial charge on any atom is 0.0121 e. The fourth-order valence-electron chi connectivity index (χ4n) is 4.02. The minimum absolute atomic E-state index is 0.460. The predicted octanol–water partition coefficient (Wildman–Crippen LogP) is 5.53. The van der Waals surface area contributed by atoms with Crippen LogP contribution in [-0.2, 0) is 0 Å². The van der Waals surface area contributed by atoms with Gasteiger partial charge in [0.15, 0.2) is 0 Å². The van der Waals surface area contributed by atoms with Crippen LogP contribution in [0.2, 0.25) is 0 Å². The van der Waals surface area contributed by atoms with Gasteiger partial charge in [0, 0.05) is 5.92 Å². The third kappa shape index (κ3) is 5.25.